The molecule has 1 atom stereocenters. The van der Waals surface area contributed by atoms with Crippen molar-refractivity contribution in [2.45, 2.75) is 32.1 Å². The summed E-state index contributed by atoms with van der Waals surface area (Å²) < 4.78 is 10.9. The van der Waals surface area contributed by atoms with Crippen LogP contribution in [-0.4, -0.2) is 29.3 Å². The van der Waals surface area contributed by atoms with Gasteiger partial charge in [-0.05, 0) is 13.3 Å². The number of aryl methyl sites for hydroxylation is 2. The molecule has 1 saturated heterocycles. The van der Waals surface area contributed by atoms with E-state index in [-0.39, 0.29) is 12.3 Å². The smallest absolute Gasteiger partial charge is 0.303 e. The van der Waals surface area contributed by atoms with Gasteiger partial charge in [0.25, 0.3) is 0 Å². The lowest BCUT2D eigenvalue weighted by Gasteiger charge is -1.99. The Kier molecular flexibility index (Phi) is 3.24. The van der Waals surface area contributed by atoms with Crippen LogP contribution >= 0.6 is 0 Å². The highest BCUT2D eigenvalue weighted by Crippen LogP contribution is 2.26. The summed E-state index contributed by atoms with van der Waals surface area (Å²) in [6.07, 6.45) is 1.41. The molecule has 1 unspecified atom stereocenters. The fraction of sp³-hybridized carbons (Fsp3) is 0.636. The van der Waals surface area contributed by atoms with E-state index >= 15 is 0 Å². The first-order chi connectivity index (χ1) is 7.66. The van der Waals surface area contributed by atoms with E-state index in [0.29, 0.717) is 24.7 Å². The van der Waals surface area contributed by atoms with Gasteiger partial charge in [-0.1, -0.05) is 0 Å². The number of aromatic nitrogens is 1. The molecule has 0 saturated carbocycles. The Bertz CT molecular complexity index is 379. The summed E-state index contributed by atoms with van der Waals surface area (Å²) in [7, 11) is 0. The first-order valence-corrected chi connectivity index (χ1v) is 5.42. The van der Waals surface area contributed by atoms with Gasteiger partial charge in [-0.3, -0.25) is 4.79 Å². The predicted octanol–water partition coefficient (Wildman–Crippen LogP) is 1.50. The van der Waals surface area contributed by atoms with Crippen molar-refractivity contribution in [2.24, 2.45) is 0 Å². The lowest BCUT2D eigenvalue weighted by Crippen LogP contribution is -1.97. The highest BCUT2D eigenvalue weighted by Gasteiger charge is 2.24. The molecule has 1 aromatic rings. The first kappa shape index (κ1) is 11.1. The van der Waals surface area contributed by atoms with Gasteiger partial charge in [-0.2, -0.15) is 0 Å². The van der Waals surface area contributed by atoms with Crippen LogP contribution in [0.25, 0.3) is 0 Å². The number of oxazole rings is 1. The van der Waals surface area contributed by atoms with Gasteiger partial charge < -0.3 is 14.3 Å². The third-order valence-corrected chi connectivity index (χ3v) is 2.75. The highest BCUT2D eigenvalue weighted by molar-refractivity contribution is 5.66. The number of rotatable bonds is 4. The normalized spacial score (nSPS) is 20.2. The summed E-state index contributed by atoms with van der Waals surface area (Å²) in [5, 5.41) is 8.60. The summed E-state index contributed by atoms with van der Waals surface area (Å²) in [6.45, 7) is 3.24. The van der Waals surface area contributed by atoms with Crippen molar-refractivity contribution in [1.29, 1.82) is 0 Å². The van der Waals surface area contributed by atoms with Crippen molar-refractivity contribution in [2.75, 3.05) is 13.2 Å². The van der Waals surface area contributed by atoms with E-state index in [9.17, 15) is 4.79 Å². The van der Waals surface area contributed by atoms with Crippen LogP contribution in [0.1, 0.15) is 36.1 Å². The van der Waals surface area contributed by atoms with Crippen LogP contribution in [0.3, 0.4) is 0 Å². The standard InChI is InChI=1S/C11H15NO4/c1-7-9(2-3-10(13)14)16-11(12-7)8-4-5-15-6-8/h8H,2-6H2,1H3,(H,13,14). The maximum Gasteiger partial charge on any atom is 0.303 e. The molecule has 2 rings (SSSR count). The monoisotopic (exact) mass is 225 g/mol. The van der Waals surface area contributed by atoms with Crippen LogP contribution < -0.4 is 0 Å². The molecule has 0 amide bonds. The minimum absolute atomic E-state index is 0.0800. The molecule has 5 heteroatoms. The minimum Gasteiger partial charge on any atom is -0.481 e. The van der Waals surface area contributed by atoms with Gasteiger partial charge in [0, 0.05) is 13.0 Å². The predicted molar refractivity (Wildman–Crippen MR) is 55.4 cm³/mol. The number of hydrogen-bond donors (Lipinski definition) is 1. The van der Waals surface area contributed by atoms with Crippen molar-refractivity contribution in [3.63, 3.8) is 0 Å². The van der Waals surface area contributed by atoms with Crippen LogP contribution in [-0.2, 0) is 16.0 Å². The first-order valence-electron chi connectivity index (χ1n) is 5.42. The van der Waals surface area contributed by atoms with Crippen LogP contribution in [0.4, 0.5) is 0 Å². The number of carboxylic acids is 1. The van der Waals surface area contributed by atoms with E-state index in [1.807, 2.05) is 6.92 Å². The van der Waals surface area contributed by atoms with Gasteiger partial charge in [-0.15, -0.1) is 0 Å². The van der Waals surface area contributed by atoms with E-state index in [4.69, 9.17) is 14.3 Å². The van der Waals surface area contributed by atoms with E-state index < -0.39 is 5.97 Å². The fourth-order valence-corrected chi connectivity index (χ4v) is 1.81. The van der Waals surface area contributed by atoms with Crippen molar-refractivity contribution in [1.82, 2.24) is 4.98 Å². The molecule has 2 heterocycles. The Morgan fingerprint density at radius 2 is 2.44 bits per heavy atom. The second-order valence-corrected chi connectivity index (χ2v) is 4.01. The maximum absolute atomic E-state index is 10.5. The summed E-state index contributed by atoms with van der Waals surface area (Å²) >= 11 is 0. The van der Waals surface area contributed by atoms with Gasteiger partial charge in [0.05, 0.1) is 24.6 Å². The highest BCUT2D eigenvalue weighted by atomic mass is 16.5. The molecule has 0 bridgehead atoms. The Morgan fingerprint density at radius 1 is 1.62 bits per heavy atom. The second kappa shape index (κ2) is 4.65. The molecular formula is C11H15NO4. The number of carbonyl (C=O) groups is 1. The van der Waals surface area contributed by atoms with Crippen LogP contribution in [0.5, 0.6) is 0 Å². The Hall–Kier alpha value is -1.36. The lowest BCUT2D eigenvalue weighted by atomic mass is 10.1. The SMILES string of the molecule is Cc1nc(C2CCOC2)oc1CCC(=O)O. The third-order valence-electron chi connectivity index (χ3n) is 2.75. The maximum atomic E-state index is 10.5. The molecule has 0 spiro atoms. The molecular weight excluding hydrogens is 210 g/mol. The van der Waals surface area contributed by atoms with Crippen LogP contribution in [0.15, 0.2) is 4.42 Å². The van der Waals surface area contributed by atoms with E-state index in [2.05, 4.69) is 4.98 Å². The zero-order valence-electron chi connectivity index (χ0n) is 9.23. The molecule has 0 aromatic carbocycles. The van der Waals surface area contributed by atoms with E-state index in [1.165, 1.54) is 0 Å². The van der Waals surface area contributed by atoms with Crippen molar-refractivity contribution >= 4 is 5.97 Å². The quantitative estimate of drug-likeness (QED) is 0.840. The van der Waals surface area contributed by atoms with Gasteiger partial charge in [0.15, 0.2) is 5.89 Å². The second-order valence-electron chi connectivity index (χ2n) is 4.01. The third kappa shape index (κ3) is 2.41. The van der Waals surface area contributed by atoms with Crippen LogP contribution in [0.2, 0.25) is 0 Å². The molecule has 0 radical (unpaired) electrons. The number of ether oxygens (including phenoxy) is 1. The summed E-state index contributed by atoms with van der Waals surface area (Å²) in [5.74, 6) is 0.790. The molecule has 16 heavy (non-hydrogen) atoms. The average molecular weight is 225 g/mol. The molecule has 1 aromatic heterocycles. The number of hydrogen-bond acceptors (Lipinski definition) is 4. The molecule has 1 aliphatic rings. The van der Waals surface area contributed by atoms with Gasteiger partial charge >= 0.3 is 5.97 Å². The summed E-state index contributed by atoms with van der Waals surface area (Å²) in [6, 6.07) is 0. The zero-order chi connectivity index (χ0) is 11.5. The zero-order valence-corrected chi connectivity index (χ0v) is 9.23. The number of nitrogens with zero attached hydrogens (tertiary/aromatic N) is 1. The fourth-order valence-electron chi connectivity index (χ4n) is 1.81. The van der Waals surface area contributed by atoms with Crippen molar-refractivity contribution in [3.05, 3.63) is 17.3 Å². The molecule has 1 N–H and O–H groups in total. The molecule has 88 valence electrons. The topological polar surface area (TPSA) is 72.6 Å². The molecule has 1 aliphatic heterocycles. The lowest BCUT2D eigenvalue weighted by molar-refractivity contribution is -0.137. The van der Waals surface area contributed by atoms with Gasteiger partial charge in [0.1, 0.15) is 5.76 Å². The molecule has 0 aliphatic carbocycles. The summed E-state index contributed by atoms with van der Waals surface area (Å²) in [4.78, 5) is 14.8. The Labute approximate surface area is 93.4 Å². The van der Waals surface area contributed by atoms with Gasteiger partial charge in [0.2, 0.25) is 0 Å². The summed E-state index contributed by atoms with van der Waals surface area (Å²) in [5.41, 5.74) is 0.795. The van der Waals surface area contributed by atoms with E-state index in [1.54, 1.807) is 0 Å². The van der Waals surface area contributed by atoms with Crippen molar-refractivity contribution < 1.29 is 19.1 Å². The number of aliphatic carboxylic acids is 1. The largest absolute Gasteiger partial charge is 0.481 e. The Morgan fingerprint density at radius 3 is 3.06 bits per heavy atom. The van der Waals surface area contributed by atoms with Crippen molar-refractivity contribution in [3.8, 4) is 0 Å². The number of carboxylic acid groups (broad SMARTS) is 1. The average Bonchev–Trinajstić information content (AvgIpc) is 2.83. The molecule has 1 fully saturated rings. The van der Waals surface area contributed by atoms with E-state index in [0.717, 1.165) is 18.7 Å². The minimum atomic E-state index is -0.818. The molecule has 5 nitrogen and oxygen atoms in total. The van der Waals surface area contributed by atoms with Crippen LogP contribution in [0, 0.1) is 6.92 Å². The Balaban J connectivity index is 2.05. The van der Waals surface area contributed by atoms with Gasteiger partial charge in [-0.25, -0.2) is 4.98 Å².